The van der Waals surface area contributed by atoms with Gasteiger partial charge in [-0.15, -0.1) is 0 Å². The number of isocyanates is 1. The van der Waals surface area contributed by atoms with Crippen molar-refractivity contribution in [1.82, 2.24) is 0 Å². The average Bonchev–Trinajstić information content (AvgIpc) is 2.28. The Morgan fingerprint density at radius 1 is 1.06 bits per heavy atom. The zero-order valence-electron chi connectivity index (χ0n) is 8.51. The first-order valence-electron chi connectivity index (χ1n) is 4.46. The first kappa shape index (κ1) is 14.2. The van der Waals surface area contributed by atoms with Crippen LogP contribution in [0.15, 0.2) is 29.3 Å². The van der Waals surface area contributed by atoms with Crippen molar-refractivity contribution in [3.05, 3.63) is 29.8 Å². The molecule has 0 aliphatic heterocycles. The minimum Gasteiger partial charge on any atom is -0.235 e. The summed E-state index contributed by atoms with van der Waals surface area (Å²) in [6.45, 7) is 0. The Kier molecular flexibility index (Phi) is 3.81. The molecule has 0 aliphatic rings. The van der Waals surface area contributed by atoms with Crippen LogP contribution in [0.25, 0.3) is 0 Å². The number of benzene rings is 1. The lowest BCUT2D eigenvalue weighted by Crippen LogP contribution is -2.40. The minimum absolute atomic E-state index is 0.0312. The van der Waals surface area contributed by atoms with Crippen LogP contribution in [0.3, 0.4) is 0 Å². The monoisotopic (exact) mass is 269 g/mol. The lowest BCUT2D eigenvalue weighted by Gasteiger charge is -2.23. The van der Waals surface area contributed by atoms with Gasteiger partial charge in [0.25, 0.3) is 0 Å². The molecule has 0 saturated carbocycles. The van der Waals surface area contributed by atoms with Gasteiger partial charge in [-0.1, -0.05) is 12.1 Å². The van der Waals surface area contributed by atoms with Crippen molar-refractivity contribution in [3.8, 4) is 0 Å². The molecule has 0 N–H and O–H groups in total. The van der Waals surface area contributed by atoms with E-state index in [1.165, 1.54) is 0 Å². The highest BCUT2D eigenvalue weighted by Gasteiger charge is 2.63. The molecule has 1 unspecified atom stereocenters. The molecular formula is C10H5F6NO. The molecule has 0 amide bonds. The van der Waals surface area contributed by atoms with Gasteiger partial charge in [-0.25, -0.2) is 9.18 Å². The van der Waals surface area contributed by atoms with Crippen LogP contribution < -0.4 is 0 Å². The number of hydrogen-bond acceptors (Lipinski definition) is 2. The molecule has 1 atom stereocenters. The number of halogens is 6. The van der Waals surface area contributed by atoms with Crippen molar-refractivity contribution in [3.63, 3.8) is 0 Å². The summed E-state index contributed by atoms with van der Waals surface area (Å²) in [7, 11) is 0. The normalized spacial score (nSPS) is 13.9. The van der Waals surface area contributed by atoms with Crippen LogP contribution in [0.2, 0.25) is 0 Å². The van der Waals surface area contributed by atoms with E-state index in [9.17, 15) is 31.1 Å². The van der Waals surface area contributed by atoms with Crippen molar-refractivity contribution in [2.24, 2.45) is 4.99 Å². The Hall–Kier alpha value is -1.82. The molecule has 0 spiro atoms. The summed E-state index contributed by atoms with van der Waals surface area (Å²) in [6, 6.07) is 3.25. The van der Waals surface area contributed by atoms with Crippen molar-refractivity contribution in [2.75, 3.05) is 0 Å². The standard InChI is InChI=1S/C10H5F6NO/c11-8(9(12,13)10(14,15)16)6-1-3-7(4-2-6)17-5-18/h1-4,8H. The molecule has 8 heteroatoms. The van der Waals surface area contributed by atoms with Gasteiger partial charge in [-0.05, 0) is 17.7 Å². The van der Waals surface area contributed by atoms with Gasteiger partial charge in [0.15, 0.2) is 6.17 Å². The predicted octanol–water partition coefficient (Wildman–Crippen LogP) is 3.86. The van der Waals surface area contributed by atoms with Crippen LogP contribution in [0.4, 0.5) is 32.0 Å². The van der Waals surface area contributed by atoms with Gasteiger partial charge in [0.05, 0.1) is 5.69 Å². The van der Waals surface area contributed by atoms with E-state index in [0.717, 1.165) is 18.2 Å². The SMILES string of the molecule is O=C=Nc1ccc(C(F)C(F)(F)C(F)(F)F)cc1. The Balaban J connectivity index is 3.04. The topological polar surface area (TPSA) is 29.4 Å². The maximum absolute atomic E-state index is 13.1. The van der Waals surface area contributed by atoms with Gasteiger partial charge in [-0.3, -0.25) is 0 Å². The summed E-state index contributed by atoms with van der Waals surface area (Å²) >= 11 is 0. The second-order valence-corrected chi connectivity index (χ2v) is 3.28. The molecule has 0 aromatic heterocycles. The predicted molar refractivity (Wildman–Crippen MR) is 49.1 cm³/mol. The van der Waals surface area contributed by atoms with E-state index in [1.807, 2.05) is 0 Å². The van der Waals surface area contributed by atoms with Gasteiger partial charge in [-0.2, -0.15) is 26.9 Å². The van der Waals surface area contributed by atoms with Gasteiger partial charge < -0.3 is 0 Å². The number of rotatable bonds is 3. The van der Waals surface area contributed by atoms with Crippen LogP contribution in [-0.2, 0) is 4.79 Å². The van der Waals surface area contributed by atoms with Crippen LogP contribution in [0.5, 0.6) is 0 Å². The van der Waals surface area contributed by atoms with E-state index < -0.39 is 23.8 Å². The van der Waals surface area contributed by atoms with Crippen molar-refractivity contribution < 1.29 is 31.1 Å². The highest BCUT2D eigenvalue weighted by molar-refractivity contribution is 5.49. The van der Waals surface area contributed by atoms with Crippen LogP contribution in [-0.4, -0.2) is 18.2 Å². The number of alkyl halides is 6. The highest BCUT2D eigenvalue weighted by Crippen LogP contribution is 2.46. The average molecular weight is 269 g/mol. The summed E-state index contributed by atoms with van der Waals surface area (Å²) in [4.78, 5) is 12.9. The molecule has 1 aromatic rings. The first-order chi connectivity index (χ1) is 8.20. The summed E-state index contributed by atoms with van der Waals surface area (Å²) in [5.74, 6) is -5.48. The number of hydrogen-bond donors (Lipinski definition) is 0. The zero-order valence-corrected chi connectivity index (χ0v) is 8.51. The van der Waals surface area contributed by atoms with Crippen molar-refractivity contribution >= 4 is 11.8 Å². The molecule has 0 radical (unpaired) electrons. The number of nitrogens with zero attached hydrogens (tertiary/aromatic N) is 1. The lowest BCUT2D eigenvalue weighted by molar-refractivity contribution is -0.305. The third-order valence-corrected chi connectivity index (χ3v) is 2.06. The molecule has 0 aliphatic carbocycles. The highest BCUT2D eigenvalue weighted by atomic mass is 19.4. The molecule has 98 valence electrons. The fourth-order valence-corrected chi connectivity index (χ4v) is 1.12. The largest absolute Gasteiger partial charge is 0.456 e. The molecule has 1 rings (SSSR count). The zero-order chi connectivity index (χ0) is 14.0. The molecular weight excluding hydrogens is 264 g/mol. The number of carbonyl (C=O) groups excluding carboxylic acids is 1. The fourth-order valence-electron chi connectivity index (χ4n) is 1.12. The first-order valence-corrected chi connectivity index (χ1v) is 4.46. The molecule has 0 heterocycles. The molecule has 18 heavy (non-hydrogen) atoms. The summed E-state index contributed by atoms with van der Waals surface area (Å²) in [6.07, 6.45) is -8.36. The van der Waals surface area contributed by atoms with Crippen LogP contribution in [0.1, 0.15) is 11.7 Å². The summed E-state index contributed by atoms with van der Waals surface area (Å²) in [5.41, 5.74) is -0.890. The maximum Gasteiger partial charge on any atom is 0.456 e. The van der Waals surface area contributed by atoms with Crippen molar-refractivity contribution in [1.29, 1.82) is 0 Å². The quantitative estimate of drug-likeness (QED) is 0.465. The third kappa shape index (κ3) is 2.70. The van der Waals surface area contributed by atoms with Gasteiger partial charge in [0, 0.05) is 0 Å². The second kappa shape index (κ2) is 4.81. The Morgan fingerprint density at radius 2 is 1.56 bits per heavy atom. The smallest absolute Gasteiger partial charge is 0.235 e. The molecule has 1 aromatic carbocycles. The Labute approximate surface area is 96.9 Å². The minimum atomic E-state index is -5.98. The van der Waals surface area contributed by atoms with E-state index in [4.69, 9.17) is 0 Å². The van der Waals surface area contributed by atoms with Crippen molar-refractivity contribution in [2.45, 2.75) is 18.3 Å². The summed E-state index contributed by atoms with van der Waals surface area (Å²) in [5, 5.41) is 0. The lowest BCUT2D eigenvalue weighted by atomic mass is 10.0. The van der Waals surface area contributed by atoms with Crippen LogP contribution in [0, 0.1) is 0 Å². The third-order valence-electron chi connectivity index (χ3n) is 2.06. The number of aliphatic imine (C=N–C) groups is 1. The van der Waals surface area contributed by atoms with E-state index >= 15 is 0 Å². The van der Waals surface area contributed by atoms with E-state index in [0.29, 0.717) is 12.1 Å². The van der Waals surface area contributed by atoms with Gasteiger partial charge in [0.1, 0.15) is 0 Å². The maximum atomic E-state index is 13.1. The Morgan fingerprint density at radius 3 is 1.94 bits per heavy atom. The summed E-state index contributed by atoms with van der Waals surface area (Å²) < 4.78 is 74.2. The molecule has 2 nitrogen and oxygen atoms in total. The molecule has 0 saturated heterocycles. The van der Waals surface area contributed by atoms with E-state index in [2.05, 4.69) is 4.99 Å². The fraction of sp³-hybridized carbons (Fsp3) is 0.300. The second-order valence-electron chi connectivity index (χ2n) is 3.28. The molecule has 0 bridgehead atoms. The van der Waals surface area contributed by atoms with E-state index in [1.54, 1.807) is 0 Å². The van der Waals surface area contributed by atoms with E-state index in [-0.39, 0.29) is 5.69 Å². The van der Waals surface area contributed by atoms with Gasteiger partial charge >= 0.3 is 12.1 Å². The van der Waals surface area contributed by atoms with Gasteiger partial charge in [0.2, 0.25) is 6.08 Å². The van der Waals surface area contributed by atoms with Crippen LogP contribution >= 0.6 is 0 Å². The Bertz CT molecular complexity index is 460. The molecule has 0 fully saturated rings.